The van der Waals surface area contributed by atoms with E-state index in [0.717, 1.165) is 13.2 Å². The summed E-state index contributed by atoms with van der Waals surface area (Å²) in [5.41, 5.74) is 0. The van der Waals surface area contributed by atoms with Gasteiger partial charge in [0.2, 0.25) is 0 Å². The van der Waals surface area contributed by atoms with Gasteiger partial charge in [0.15, 0.2) is 0 Å². The molecule has 0 amide bonds. The zero-order valence-corrected chi connectivity index (χ0v) is 8.81. The van der Waals surface area contributed by atoms with Crippen LogP contribution in [0.5, 0.6) is 0 Å². The van der Waals surface area contributed by atoms with Gasteiger partial charge in [-0.3, -0.25) is 0 Å². The van der Waals surface area contributed by atoms with Crippen LogP contribution in [0.25, 0.3) is 0 Å². The monoisotopic (exact) mass is 190 g/mol. The van der Waals surface area contributed by atoms with Gasteiger partial charge >= 0.3 is 0 Å². The van der Waals surface area contributed by atoms with E-state index in [2.05, 4.69) is 36.0 Å². The van der Waals surface area contributed by atoms with Crippen LogP contribution in [0.3, 0.4) is 0 Å². The first-order valence-corrected chi connectivity index (χ1v) is 4.53. The van der Waals surface area contributed by atoms with Gasteiger partial charge in [-0.15, -0.1) is 12.4 Å². The summed E-state index contributed by atoms with van der Waals surface area (Å²) >= 11 is 0. The predicted octanol–water partition coefficient (Wildman–Crippen LogP) is 2.27. The molecule has 0 atom stereocenters. The summed E-state index contributed by atoms with van der Waals surface area (Å²) in [6.07, 6.45) is 6.97. The van der Waals surface area contributed by atoms with Gasteiger partial charge in [0.25, 0.3) is 0 Å². The van der Waals surface area contributed by atoms with E-state index in [1.54, 1.807) is 0 Å². The summed E-state index contributed by atoms with van der Waals surface area (Å²) in [5.74, 6) is 0. The average molecular weight is 191 g/mol. The standard InChI is InChI=1S/C9H18N2.ClH/c1-3-5-6-11-8-7-10(4-2)9-11;/h7-8H,3-6,9H2,1-2H3;1H. The third-order valence-electron chi connectivity index (χ3n) is 2.06. The lowest BCUT2D eigenvalue weighted by molar-refractivity contribution is 0.270. The second-order valence-corrected chi connectivity index (χ2v) is 3.01. The van der Waals surface area contributed by atoms with Crippen molar-refractivity contribution in [3.63, 3.8) is 0 Å². The molecule has 72 valence electrons. The molecule has 2 nitrogen and oxygen atoms in total. The predicted molar refractivity (Wildman–Crippen MR) is 55.2 cm³/mol. The highest BCUT2D eigenvalue weighted by molar-refractivity contribution is 5.85. The van der Waals surface area contributed by atoms with Gasteiger partial charge in [0.1, 0.15) is 0 Å². The molecule has 0 aromatic heterocycles. The van der Waals surface area contributed by atoms with E-state index >= 15 is 0 Å². The quantitative estimate of drug-likeness (QED) is 0.671. The second kappa shape index (κ2) is 6.18. The molecule has 0 aliphatic carbocycles. The van der Waals surface area contributed by atoms with E-state index in [0.29, 0.717) is 0 Å². The lowest BCUT2D eigenvalue weighted by Gasteiger charge is -2.19. The second-order valence-electron chi connectivity index (χ2n) is 3.01. The van der Waals surface area contributed by atoms with Crippen molar-refractivity contribution in [3.8, 4) is 0 Å². The van der Waals surface area contributed by atoms with Crippen molar-refractivity contribution in [2.24, 2.45) is 0 Å². The molecule has 1 aliphatic rings. The molecule has 1 aliphatic heterocycles. The minimum absolute atomic E-state index is 0. The number of hydrogen-bond acceptors (Lipinski definition) is 2. The summed E-state index contributed by atoms with van der Waals surface area (Å²) in [4.78, 5) is 4.68. The minimum atomic E-state index is 0. The highest BCUT2D eigenvalue weighted by Crippen LogP contribution is 2.06. The van der Waals surface area contributed by atoms with Crippen molar-refractivity contribution in [1.82, 2.24) is 9.80 Å². The highest BCUT2D eigenvalue weighted by Gasteiger charge is 2.08. The molecule has 0 unspecified atom stereocenters. The van der Waals surface area contributed by atoms with E-state index in [9.17, 15) is 0 Å². The Balaban J connectivity index is 0.00000121. The Labute approximate surface area is 81.6 Å². The fraction of sp³-hybridized carbons (Fsp3) is 0.778. The van der Waals surface area contributed by atoms with Gasteiger partial charge in [0.05, 0.1) is 6.67 Å². The summed E-state index contributed by atoms with van der Waals surface area (Å²) in [5, 5.41) is 0. The Kier molecular flexibility index (Phi) is 5.99. The lowest BCUT2D eigenvalue weighted by Crippen LogP contribution is -2.25. The van der Waals surface area contributed by atoms with Crippen LogP contribution >= 0.6 is 12.4 Å². The zero-order valence-electron chi connectivity index (χ0n) is 7.99. The molecule has 0 aromatic carbocycles. The molecule has 0 fully saturated rings. The Bertz CT molecular complexity index is 136. The lowest BCUT2D eigenvalue weighted by atomic mass is 10.3. The SMILES string of the molecule is CCCCN1C=CN(CC)C1.Cl. The van der Waals surface area contributed by atoms with Crippen LogP contribution in [-0.2, 0) is 0 Å². The van der Waals surface area contributed by atoms with Crippen LogP contribution in [0.4, 0.5) is 0 Å². The Morgan fingerprint density at radius 1 is 1.17 bits per heavy atom. The minimum Gasteiger partial charge on any atom is -0.359 e. The van der Waals surface area contributed by atoms with Gasteiger partial charge in [-0.05, 0) is 13.3 Å². The van der Waals surface area contributed by atoms with Crippen molar-refractivity contribution in [3.05, 3.63) is 12.4 Å². The largest absolute Gasteiger partial charge is 0.359 e. The first-order valence-electron chi connectivity index (χ1n) is 4.53. The molecule has 0 spiro atoms. The van der Waals surface area contributed by atoms with Crippen molar-refractivity contribution in [2.75, 3.05) is 19.8 Å². The number of nitrogens with zero attached hydrogens (tertiary/aromatic N) is 2. The molecule has 0 radical (unpaired) electrons. The molecule has 12 heavy (non-hydrogen) atoms. The van der Waals surface area contributed by atoms with Crippen LogP contribution < -0.4 is 0 Å². The average Bonchev–Trinajstić information content (AvgIpc) is 2.48. The van der Waals surface area contributed by atoms with E-state index < -0.39 is 0 Å². The molecule has 0 saturated heterocycles. The van der Waals surface area contributed by atoms with E-state index in [1.165, 1.54) is 19.4 Å². The van der Waals surface area contributed by atoms with Crippen LogP contribution in [0, 0.1) is 0 Å². The maximum absolute atomic E-state index is 2.37. The van der Waals surface area contributed by atoms with Crippen molar-refractivity contribution >= 4 is 12.4 Å². The third-order valence-corrected chi connectivity index (χ3v) is 2.06. The summed E-state index contributed by atoms with van der Waals surface area (Å²) in [6.45, 7) is 7.85. The van der Waals surface area contributed by atoms with Gasteiger partial charge in [0, 0.05) is 25.5 Å². The van der Waals surface area contributed by atoms with Gasteiger partial charge < -0.3 is 9.80 Å². The molecular weight excluding hydrogens is 172 g/mol. The van der Waals surface area contributed by atoms with Crippen molar-refractivity contribution < 1.29 is 0 Å². The Morgan fingerprint density at radius 3 is 2.33 bits per heavy atom. The first-order chi connectivity index (χ1) is 5.36. The Morgan fingerprint density at radius 2 is 1.83 bits per heavy atom. The maximum Gasteiger partial charge on any atom is 0.0893 e. The third kappa shape index (κ3) is 3.35. The van der Waals surface area contributed by atoms with E-state index in [4.69, 9.17) is 0 Å². The fourth-order valence-corrected chi connectivity index (χ4v) is 1.23. The molecule has 0 N–H and O–H groups in total. The molecule has 1 rings (SSSR count). The summed E-state index contributed by atoms with van der Waals surface area (Å²) in [7, 11) is 0. The number of unbranched alkanes of at least 4 members (excludes halogenated alkanes) is 1. The molecular formula is C9H19ClN2. The zero-order chi connectivity index (χ0) is 8.10. The van der Waals surface area contributed by atoms with E-state index in [-0.39, 0.29) is 12.4 Å². The maximum atomic E-state index is 2.37. The van der Waals surface area contributed by atoms with Crippen LogP contribution in [0.2, 0.25) is 0 Å². The first kappa shape index (κ1) is 11.6. The topological polar surface area (TPSA) is 6.48 Å². The summed E-state index contributed by atoms with van der Waals surface area (Å²) in [6, 6.07) is 0. The number of rotatable bonds is 4. The molecule has 0 saturated carbocycles. The molecule has 3 heteroatoms. The van der Waals surface area contributed by atoms with Crippen LogP contribution in [0.15, 0.2) is 12.4 Å². The fourth-order valence-electron chi connectivity index (χ4n) is 1.23. The Hall–Kier alpha value is -0.370. The smallest absolute Gasteiger partial charge is 0.0893 e. The number of hydrogen-bond donors (Lipinski definition) is 0. The van der Waals surface area contributed by atoms with Crippen molar-refractivity contribution in [2.45, 2.75) is 26.7 Å². The molecule has 0 aromatic rings. The van der Waals surface area contributed by atoms with Crippen LogP contribution in [0.1, 0.15) is 26.7 Å². The van der Waals surface area contributed by atoms with Gasteiger partial charge in [-0.2, -0.15) is 0 Å². The molecule has 0 bridgehead atoms. The van der Waals surface area contributed by atoms with Crippen LogP contribution in [-0.4, -0.2) is 29.6 Å². The normalized spacial score (nSPS) is 15.2. The van der Waals surface area contributed by atoms with Gasteiger partial charge in [-0.25, -0.2) is 0 Å². The number of halogens is 1. The highest BCUT2D eigenvalue weighted by atomic mass is 35.5. The summed E-state index contributed by atoms with van der Waals surface area (Å²) < 4.78 is 0. The van der Waals surface area contributed by atoms with Crippen molar-refractivity contribution in [1.29, 1.82) is 0 Å². The molecule has 1 heterocycles. The van der Waals surface area contributed by atoms with Gasteiger partial charge in [-0.1, -0.05) is 13.3 Å². The van der Waals surface area contributed by atoms with E-state index in [1.807, 2.05) is 0 Å².